The van der Waals surface area contributed by atoms with E-state index >= 15 is 0 Å². The van der Waals surface area contributed by atoms with Crippen LogP contribution in [0.4, 0.5) is 0 Å². The minimum absolute atomic E-state index is 0.0314. The minimum atomic E-state index is -1.13. The summed E-state index contributed by atoms with van der Waals surface area (Å²) in [4.78, 5) is 24.4. The van der Waals surface area contributed by atoms with Crippen molar-refractivity contribution in [2.24, 2.45) is 0 Å². The second kappa shape index (κ2) is 9.91. The van der Waals surface area contributed by atoms with Gasteiger partial charge in [-0.05, 0) is 30.2 Å². The summed E-state index contributed by atoms with van der Waals surface area (Å²) in [6.07, 6.45) is 0. The van der Waals surface area contributed by atoms with E-state index in [2.05, 4.69) is 25.1 Å². The quantitative estimate of drug-likeness (QED) is 0.164. The Bertz CT molecular complexity index is 1070. The molecule has 29 heavy (non-hydrogen) atoms. The normalized spacial score (nSPS) is 10.7. The lowest BCUT2D eigenvalue weighted by molar-refractivity contribution is -0.139. The van der Waals surface area contributed by atoms with Gasteiger partial charge in [0.25, 0.3) is 4.21 Å². The molecule has 0 aliphatic rings. The number of carbonyl (C=O) groups is 2. The van der Waals surface area contributed by atoms with Gasteiger partial charge in [0.05, 0.1) is 15.7 Å². The molecule has 1 aromatic heterocycles. The molecule has 0 saturated heterocycles. The van der Waals surface area contributed by atoms with Gasteiger partial charge in [0.1, 0.15) is 10.8 Å². The number of carboxylic acids is 1. The first-order valence-corrected chi connectivity index (χ1v) is 12.2. The molecule has 0 amide bonds. The molecule has 0 aliphatic carbocycles. The van der Waals surface area contributed by atoms with E-state index in [1.165, 1.54) is 39.9 Å². The number of ether oxygens (including phenoxy) is 1. The van der Waals surface area contributed by atoms with E-state index in [-0.39, 0.29) is 32.9 Å². The third kappa shape index (κ3) is 5.49. The van der Waals surface area contributed by atoms with Gasteiger partial charge in [-0.2, -0.15) is 0 Å². The molecule has 1 heterocycles. The molecule has 9 heteroatoms. The maximum absolute atomic E-state index is 12.6. The number of halogens is 2. The van der Waals surface area contributed by atoms with E-state index in [4.69, 9.17) is 33.0 Å². The Kier molecular flexibility index (Phi) is 7.54. The Hall–Kier alpha value is -1.64. The van der Waals surface area contributed by atoms with Crippen LogP contribution in [-0.2, 0) is 4.79 Å². The molecule has 0 aliphatic heterocycles. The van der Waals surface area contributed by atoms with E-state index in [9.17, 15) is 9.59 Å². The summed E-state index contributed by atoms with van der Waals surface area (Å²) in [5, 5.41) is 8.79. The number of carboxylic acid groups (broad SMARTS) is 1. The lowest BCUT2D eigenvalue weighted by Crippen LogP contribution is -2.10. The number of benzene rings is 2. The highest BCUT2D eigenvalue weighted by Gasteiger charge is 2.21. The summed E-state index contributed by atoms with van der Waals surface area (Å²) in [5.41, 5.74) is 2.69. The van der Waals surface area contributed by atoms with Gasteiger partial charge in [0, 0.05) is 11.6 Å². The van der Waals surface area contributed by atoms with Gasteiger partial charge in [-0.1, -0.05) is 59.2 Å². The molecule has 0 atom stereocenters. The highest BCUT2D eigenvalue weighted by atomic mass is 35.5. The monoisotopic (exact) mass is 485 g/mol. The SMILES string of the molecule is Cc1ccccc1-c1cc(SCC(=O)c2ccc(OCC(=O)O)c(Cl)c2Cl)[s+]s1. The third-order valence-corrected chi connectivity index (χ3v) is 8.72. The Morgan fingerprint density at radius 1 is 1.17 bits per heavy atom. The predicted octanol–water partition coefficient (Wildman–Crippen LogP) is 6.81. The van der Waals surface area contributed by atoms with Crippen LogP contribution in [0.5, 0.6) is 5.75 Å². The average Bonchev–Trinajstić information content (AvgIpc) is 3.16. The largest absolute Gasteiger partial charge is 0.480 e. The van der Waals surface area contributed by atoms with Gasteiger partial charge in [-0.15, -0.1) is 0 Å². The van der Waals surface area contributed by atoms with Crippen LogP contribution in [0, 0.1) is 6.92 Å². The van der Waals surface area contributed by atoms with Gasteiger partial charge in [-0.3, -0.25) is 4.79 Å². The molecule has 3 rings (SSSR count). The molecule has 0 radical (unpaired) electrons. The van der Waals surface area contributed by atoms with Crippen molar-refractivity contribution in [2.75, 3.05) is 12.4 Å². The Morgan fingerprint density at radius 3 is 2.66 bits per heavy atom. The molecular formula is C20H15Cl2O4S3+. The summed E-state index contributed by atoms with van der Waals surface area (Å²) in [7, 11) is 3.30. The van der Waals surface area contributed by atoms with Gasteiger partial charge in [0.15, 0.2) is 22.7 Å². The van der Waals surface area contributed by atoms with Crippen LogP contribution in [0.15, 0.2) is 46.7 Å². The number of hydrogen-bond donors (Lipinski definition) is 1. The number of hydrogen-bond acceptors (Lipinski definition) is 5. The number of aryl methyl sites for hydroxylation is 1. The van der Waals surface area contributed by atoms with Gasteiger partial charge < -0.3 is 9.84 Å². The second-order valence-corrected chi connectivity index (χ2v) is 10.2. The van der Waals surface area contributed by atoms with Crippen LogP contribution in [0.1, 0.15) is 15.9 Å². The average molecular weight is 486 g/mol. The fourth-order valence-corrected chi connectivity index (χ4v) is 6.76. The molecule has 0 bridgehead atoms. The van der Waals surface area contributed by atoms with Crippen molar-refractivity contribution >= 4 is 67.4 Å². The van der Waals surface area contributed by atoms with Crippen molar-refractivity contribution in [1.82, 2.24) is 0 Å². The van der Waals surface area contributed by atoms with E-state index in [1.54, 1.807) is 20.7 Å². The fraction of sp³-hybridized carbons (Fsp3) is 0.150. The molecule has 0 saturated carbocycles. The van der Waals surface area contributed by atoms with Gasteiger partial charge in [-0.25, -0.2) is 4.79 Å². The van der Waals surface area contributed by atoms with Crippen LogP contribution in [0.3, 0.4) is 0 Å². The molecule has 3 aromatic rings. The predicted molar refractivity (Wildman–Crippen MR) is 121 cm³/mol. The first kappa shape index (κ1) is 22.1. The molecule has 2 aromatic carbocycles. The Balaban J connectivity index is 1.68. The van der Waals surface area contributed by atoms with Crippen LogP contribution >= 0.6 is 55.6 Å². The summed E-state index contributed by atoms with van der Waals surface area (Å²) < 4.78 is 6.11. The van der Waals surface area contributed by atoms with Crippen molar-refractivity contribution in [3.63, 3.8) is 0 Å². The molecule has 150 valence electrons. The second-order valence-electron chi connectivity index (χ2n) is 5.94. The van der Waals surface area contributed by atoms with E-state index in [1.807, 2.05) is 12.1 Å². The van der Waals surface area contributed by atoms with Crippen LogP contribution in [-0.4, -0.2) is 29.2 Å². The smallest absolute Gasteiger partial charge is 0.341 e. The number of Topliss-reactive ketones (excluding diaryl/α,β-unsaturated/α-hetero) is 1. The van der Waals surface area contributed by atoms with Crippen LogP contribution in [0.2, 0.25) is 10.0 Å². The lowest BCUT2D eigenvalue weighted by Gasteiger charge is -2.09. The van der Waals surface area contributed by atoms with Crippen molar-refractivity contribution < 1.29 is 19.4 Å². The van der Waals surface area contributed by atoms with Crippen LogP contribution in [0.25, 0.3) is 10.4 Å². The Morgan fingerprint density at radius 2 is 1.93 bits per heavy atom. The summed E-state index contributed by atoms with van der Waals surface area (Å²) in [6.45, 7) is 1.54. The third-order valence-electron chi connectivity index (χ3n) is 3.92. The first-order chi connectivity index (χ1) is 13.9. The number of aliphatic carboxylic acids is 1. The number of rotatable bonds is 8. The van der Waals surface area contributed by atoms with Crippen molar-refractivity contribution in [3.8, 4) is 16.2 Å². The molecular weight excluding hydrogens is 471 g/mol. The van der Waals surface area contributed by atoms with Crippen molar-refractivity contribution in [1.29, 1.82) is 0 Å². The van der Waals surface area contributed by atoms with Crippen molar-refractivity contribution in [2.45, 2.75) is 11.1 Å². The lowest BCUT2D eigenvalue weighted by atomic mass is 10.1. The van der Waals surface area contributed by atoms with E-state index in [0.717, 1.165) is 4.21 Å². The zero-order valence-electron chi connectivity index (χ0n) is 15.1. The topological polar surface area (TPSA) is 63.6 Å². The number of thioether (sulfide) groups is 1. The number of ketones is 1. The van der Waals surface area contributed by atoms with Gasteiger partial charge >= 0.3 is 16.3 Å². The maximum Gasteiger partial charge on any atom is 0.341 e. The molecule has 0 fully saturated rings. The first-order valence-electron chi connectivity index (χ1n) is 8.34. The molecule has 1 N–H and O–H groups in total. The highest BCUT2D eigenvalue weighted by molar-refractivity contribution is 8.03. The molecule has 0 unspecified atom stereocenters. The van der Waals surface area contributed by atoms with Crippen LogP contribution < -0.4 is 4.74 Å². The summed E-state index contributed by atoms with van der Waals surface area (Å²) in [5.74, 6) is -0.948. The zero-order valence-corrected chi connectivity index (χ0v) is 19.1. The zero-order chi connectivity index (χ0) is 21.0. The fourth-order valence-electron chi connectivity index (χ4n) is 2.49. The maximum atomic E-state index is 12.6. The summed E-state index contributed by atoms with van der Waals surface area (Å²) >= 11 is 13.8. The standard InChI is InChI=1S/C20H14Cl2O4S3/c1-11-4-2-3-5-12(11)16-8-18(29-28-16)27-10-14(23)13-6-7-15(20(22)19(13)21)26-9-17(24)25/h2-8H,9-10H2,1H3/p+1. The minimum Gasteiger partial charge on any atom is -0.480 e. The number of carbonyl (C=O) groups excluding carboxylic acids is 1. The van der Waals surface area contributed by atoms with Gasteiger partial charge in [0.2, 0.25) is 0 Å². The Labute approximate surface area is 189 Å². The molecule has 4 nitrogen and oxygen atoms in total. The molecule has 0 spiro atoms. The highest BCUT2D eigenvalue weighted by Crippen LogP contribution is 2.39. The van der Waals surface area contributed by atoms with E-state index < -0.39 is 12.6 Å². The van der Waals surface area contributed by atoms with E-state index in [0.29, 0.717) is 0 Å². The summed E-state index contributed by atoms with van der Waals surface area (Å²) in [6, 6.07) is 13.2. The van der Waals surface area contributed by atoms with Crippen molar-refractivity contribution in [3.05, 3.63) is 63.6 Å².